The predicted octanol–water partition coefficient (Wildman–Crippen LogP) is 2.96. The van der Waals surface area contributed by atoms with Gasteiger partial charge in [0.15, 0.2) is 12.3 Å². The fourth-order valence-electron chi connectivity index (χ4n) is 8.47. The molecule has 2 aromatic carbocycles. The van der Waals surface area contributed by atoms with Gasteiger partial charge in [-0.1, -0.05) is 75.1 Å². The number of hydrogen-bond donors (Lipinski definition) is 4. The number of hydrogen-bond acceptors (Lipinski definition) is 11. The highest BCUT2D eigenvalue weighted by atomic mass is 16.7. The summed E-state index contributed by atoms with van der Waals surface area (Å²) < 4.78 is 24.1. The van der Waals surface area contributed by atoms with E-state index in [4.69, 9.17) is 18.9 Å². The maximum Gasteiger partial charge on any atom is 0.333 e. The maximum absolute atomic E-state index is 14.7. The molecule has 1 saturated carbocycles. The SMILES string of the molecule is CCC[C@H](NC(=O)[C@@H]1[C@H]2O[C@H]3CCCOc4cccc(c4)CC(=O)N[C@@H](C4CCCCC4)C(=O)N1C[C@@H]2O3)C(=O)C(=O)NCC(=O)N[C@H](C(=O)OC(C)(C)C)c1ccccc1. The Balaban J connectivity index is 1.17. The number of carbonyl (C=O) groups excluding carboxylic acids is 7. The molecule has 6 bridgehead atoms. The number of ketones is 1. The highest BCUT2D eigenvalue weighted by molar-refractivity contribution is 6.38. The van der Waals surface area contributed by atoms with Gasteiger partial charge in [0.1, 0.15) is 35.6 Å². The number of carbonyl (C=O) groups is 7. The van der Waals surface area contributed by atoms with Crippen molar-refractivity contribution in [1.82, 2.24) is 26.2 Å². The zero-order chi connectivity index (χ0) is 43.7. The largest absolute Gasteiger partial charge is 0.494 e. The van der Waals surface area contributed by atoms with Crippen LogP contribution in [-0.2, 0) is 54.2 Å². The van der Waals surface area contributed by atoms with Gasteiger partial charge in [-0.2, -0.15) is 0 Å². The zero-order valence-corrected chi connectivity index (χ0v) is 35.4. The number of Topliss-reactive ketones (excluding diaryl/α,β-unsaturated/α-hetero) is 1. The molecule has 7 rings (SSSR count). The molecule has 2 aromatic rings. The van der Waals surface area contributed by atoms with Gasteiger partial charge in [0, 0.05) is 6.42 Å². The van der Waals surface area contributed by atoms with Gasteiger partial charge >= 0.3 is 5.97 Å². The van der Waals surface area contributed by atoms with Crippen LogP contribution in [0.4, 0.5) is 0 Å². The second-order valence-corrected chi connectivity index (χ2v) is 17.2. The molecule has 61 heavy (non-hydrogen) atoms. The van der Waals surface area contributed by atoms with E-state index in [9.17, 15) is 33.6 Å². The summed E-state index contributed by atoms with van der Waals surface area (Å²) in [6.45, 7) is 6.61. The van der Waals surface area contributed by atoms with Crippen molar-refractivity contribution in [2.24, 2.45) is 5.92 Å². The second kappa shape index (κ2) is 20.5. The lowest BCUT2D eigenvalue weighted by Crippen LogP contribution is -2.60. The number of esters is 1. The van der Waals surface area contributed by atoms with Gasteiger partial charge in [-0.15, -0.1) is 0 Å². The van der Waals surface area contributed by atoms with Crippen LogP contribution in [-0.4, -0.2) is 108 Å². The Morgan fingerprint density at radius 3 is 2.39 bits per heavy atom. The van der Waals surface area contributed by atoms with Gasteiger partial charge in [0.2, 0.25) is 29.4 Å². The van der Waals surface area contributed by atoms with Crippen LogP contribution in [0, 0.1) is 5.92 Å². The Labute approximate surface area is 356 Å². The number of benzene rings is 2. The summed E-state index contributed by atoms with van der Waals surface area (Å²) in [6.07, 6.45) is 3.55. The molecule has 5 aliphatic rings. The van der Waals surface area contributed by atoms with Gasteiger partial charge in [-0.3, -0.25) is 28.8 Å². The van der Waals surface area contributed by atoms with Crippen LogP contribution in [0.2, 0.25) is 0 Å². The number of ether oxygens (including phenoxy) is 4. The lowest BCUT2D eigenvalue weighted by Gasteiger charge is -2.35. The molecule has 16 heteroatoms. The number of fused-ring (bicyclic) bond motifs is 7. The Kier molecular flexibility index (Phi) is 15.2. The predicted molar refractivity (Wildman–Crippen MR) is 220 cm³/mol. The molecule has 0 aromatic heterocycles. The fraction of sp³-hybridized carbons (Fsp3) is 0.578. The molecule has 16 nitrogen and oxygen atoms in total. The highest BCUT2D eigenvalue weighted by Crippen LogP contribution is 2.36. The number of nitrogens with zero attached hydrogens (tertiary/aromatic N) is 1. The molecule has 0 unspecified atom stereocenters. The number of nitrogens with one attached hydrogen (secondary N) is 4. The van der Waals surface area contributed by atoms with E-state index in [1.807, 2.05) is 24.3 Å². The molecule has 330 valence electrons. The van der Waals surface area contributed by atoms with Crippen LogP contribution < -0.4 is 26.0 Å². The number of amides is 5. The van der Waals surface area contributed by atoms with Crippen LogP contribution in [0.15, 0.2) is 54.6 Å². The molecule has 4 N–H and O–H groups in total. The van der Waals surface area contributed by atoms with E-state index < -0.39 is 90.2 Å². The maximum atomic E-state index is 14.7. The van der Waals surface area contributed by atoms with E-state index in [0.717, 1.165) is 37.7 Å². The smallest absolute Gasteiger partial charge is 0.333 e. The summed E-state index contributed by atoms with van der Waals surface area (Å²) in [7, 11) is 0. The van der Waals surface area contributed by atoms with Gasteiger partial charge in [-0.05, 0) is 75.6 Å². The lowest BCUT2D eigenvalue weighted by molar-refractivity contribution is -0.158. The van der Waals surface area contributed by atoms with E-state index >= 15 is 0 Å². The van der Waals surface area contributed by atoms with Crippen LogP contribution >= 0.6 is 0 Å². The van der Waals surface area contributed by atoms with Crippen molar-refractivity contribution in [2.75, 3.05) is 19.7 Å². The number of rotatable bonds is 12. The van der Waals surface area contributed by atoms with E-state index in [0.29, 0.717) is 37.2 Å². The van der Waals surface area contributed by atoms with Crippen molar-refractivity contribution in [2.45, 2.75) is 140 Å². The summed E-state index contributed by atoms with van der Waals surface area (Å²) in [6, 6.07) is 11.1. The van der Waals surface area contributed by atoms with Crippen LogP contribution in [0.5, 0.6) is 5.75 Å². The second-order valence-electron chi connectivity index (χ2n) is 17.2. The third-order valence-electron chi connectivity index (χ3n) is 11.3. The third kappa shape index (κ3) is 11.9. The molecule has 0 radical (unpaired) electrons. The zero-order valence-electron chi connectivity index (χ0n) is 35.4. The van der Waals surface area contributed by atoms with Gasteiger partial charge in [0.05, 0.1) is 32.2 Å². The molecule has 3 fully saturated rings. The minimum absolute atomic E-state index is 0.0176. The molecule has 2 saturated heterocycles. The van der Waals surface area contributed by atoms with Crippen molar-refractivity contribution in [1.29, 1.82) is 0 Å². The molecule has 1 aliphatic carbocycles. The van der Waals surface area contributed by atoms with Gasteiger partial charge in [-0.25, -0.2) is 4.79 Å². The molecular weight excluding hydrogens is 787 g/mol. The Morgan fingerprint density at radius 2 is 1.67 bits per heavy atom. The topological polar surface area (TPSA) is 208 Å². The van der Waals surface area contributed by atoms with Crippen LogP contribution in [0.25, 0.3) is 0 Å². The first-order valence-corrected chi connectivity index (χ1v) is 21.5. The van der Waals surface area contributed by atoms with E-state index in [1.54, 1.807) is 58.0 Å². The molecule has 4 aliphatic heterocycles. The van der Waals surface area contributed by atoms with Crippen LogP contribution in [0.1, 0.15) is 103 Å². The van der Waals surface area contributed by atoms with Crippen molar-refractivity contribution < 1.29 is 52.5 Å². The fourth-order valence-corrected chi connectivity index (χ4v) is 8.47. The third-order valence-corrected chi connectivity index (χ3v) is 11.3. The first-order valence-electron chi connectivity index (χ1n) is 21.5. The van der Waals surface area contributed by atoms with Gasteiger partial charge < -0.3 is 45.1 Å². The van der Waals surface area contributed by atoms with E-state index in [1.165, 1.54) is 4.90 Å². The average Bonchev–Trinajstić information content (AvgIpc) is 3.79. The van der Waals surface area contributed by atoms with Gasteiger partial charge in [0.25, 0.3) is 5.91 Å². The molecule has 0 spiro atoms. The summed E-state index contributed by atoms with van der Waals surface area (Å²) in [5.41, 5.74) is 0.359. The van der Waals surface area contributed by atoms with Crippen molar-refractivity contribution >= 4 is 41.3 Å². The Morgan fingerprint density at radius 1 is 0.918 bits per heavy atom. The Bertz CT molecular complexity index is 1910. The summed E-state index contributed by atoms with van der Waals surface area (Å²) >= 11 is 0. The van der Waals surface area contributed by atoms with Crippen molar-refractivity contribution in [3.63, 3.8) is 0 Å². The summed E-state index contributed by atoms with van der Waals surface area (Å²) in [5, 5.41) is 10.6. The first kappa shape index (κ1) is 45.2. The lowest BCUT2D eigenvalue weighted by atomic mass is 9.83. The summed E-state index contributed by atoms with van der Waals surface area (Å²) in [4.78, 5) is 97.3. The highest BCUT2D eigenvalue weighted by Gasteiger charge is 2.56. The molecule has 5 amide bonds. The molecule has 4 heterocycles. The Hall–Kier alpha value is -5.35. The van der Waals surface area contributed by atoms with Crippen molar-refractivity contribution in [3.05, 3.63) is 65.7 Å². The quantitative estimate of drug-likeness (QED) is 0.181. The molecular formula is C45H59N5O11. The first-order chi connectivity index (χ1) is 29.2. The minimum Gasteiger partial charge on any atom is -0.494 e. The van der Waals surface area contributed by atoms with Crippen LogP contribution in [0.3, 0.4) is 0 Å². The average molecular weight is 846 g/mol. The van der Waals surface area contributed by atoms with E-state index in [2.05, 4.69) is 21.3 Å². The van der Waals surface area contributed by atoms with E-state index in [-0.39, 0.29) is 31.2 Å². The summed E-state index contributed by atoms with van der Waals surface area (Å²) in [5.74, 6) is -4.61. The monoisotopic (exact) mass is 845 g/mol. The molecule has 7 atom stereocenters. The normalized spacial score (nSPS) is 24.4. The minimum atomic E-state index is -1.31. The standard InChI is InChI=1S/C45H59N5O11/c1-5-14-31(39(53)42(55)46-25-34(52)49-37(29-18-10-7-11-19-29)44(57)61-45(2,3)4)47-41(54)38-40-32-26-50(38)43(56)36(28-16-8-6-9-17-28)48-33(51)24-27-15-12-20-30(23-27)58-22-13-21-35(59-32)60-40/h7,10-12,15,18-20,23,28,31-32,35-38,40H,5-6,8-9,13-14,16-17,21-22,24-26H2,1-4H3,(H,46,55)(H,47,54)(H,48,51)(H,49,52)/t31-,32-,35-,36-,37-,38-,40-/m0/s1. The van der Waals surface area contributed by atoms with Crippen molar-refractivity contribution in [3.8, 4) is 5.75 Å².